The van der Waals surface area contributed by atoms with Crippen LogP contribution < -0.4 is 5.32 Å². The molecule has 0 aliphatic carbocycles. The van der Waals surface area contributed by atoms with Crippen LogP contribution in [0.15, 0.2) is 0 Å². The minimum absolute atomic E-state index is 0.0374. The molecule has 1 amide bonds. The second-order valence-corrected chi connectivity index (χ2v) is 4.62. The number of nitrogens with zero attached hydrogens (tertiary/aromatic N) is 1. The van der Waals surface area contributed by atoms with Crippen molar-refractivity contribution in [1.29, 1.82) is 0 Å². The molecule has 0 bridgehead atoms. The number of carboxylic acid groups (broad SMARTS) is 1. The van der Waals surface area contributed by atoms with Gasteiger partial charge in [0.25, 0.3) is 0 Å². The van der Waals surface area contributed by atoms with Crippen LogP contribution in [0.3, 0.4) is 0 Å². The lowest BCUT2D eigenvalue weighted by atomic mass is 10.1. The molecular formula is C11H18N2O4. The third-order valence-electron chi connectivity index (χ3n) is 3.27. The van der Waals surface area contributed by atoms with Crippen LogP contribution in [0.4, 0.5) is 0 Å². The normalized spacial score (nSPS) is 30.2. The Balaban J connectivity index is 1.92. The summed E-state index contributed by atoms with van der Waals surface area (Å²) in [5.41, 5.74) is 0. The molecule has 0 aromatic rings. The van der Waals surface area contributed by atoms with E-state index in [2.05, 4.69) is 5.32 Å². The zero-order chi connectivity index (χ0) is 12.3. The van der Waals surface area contributed by atoms with E-state index >= 15 is 0 Å². The Morgan fingerprint density at radius 1 is 1.59 bits per heavy atom. The maximum absolute atomic E-state index is 11.3. The zero-order valence-corrected chi connectivity index (χ0v) is 9.72. The monoisotopic (exact) mass is 242 g/mol. The molecule has 96 valence electrons. The Bertz CT molecular complexity index is 302. The molecule has 2 rings (SSSR count). The number of nitrogens with one attached hydrogen (secondary N) is 1. The van der Waals surface area contributed by atoms with Crippen LogP contribution in [0.25, 0.3) is 0 Å². The van der Waals surface area contributed by atoms with Gasteiger partial charge in [0.2, 0.25) is 5.91 Å². The number of hydrogen-bond donors (Lipinski definition) is 2. The van der Waals surface area contributed by atoms with Crippen LogP contribution in [0.2, 0.25) is 0 Å². The first-order valence-corrected chi connectivity index (χ1v) is 5.99. The van der Waals surface area contributed by atoms with E-state index in [0.717, 1.165) is 19.4 Å². The van der Waals surface area contributed by atoms with E-state index in [9.17, 15) is 9.59 Å². The first-order valence-electron chi connectivity index (χ1n) is 5.99. The highest BCUT2D eigenvalue weighted by Gasteiger charge is 2.31. The number of carbonyl (C=O) groups excluding carboxylic acids is 1. The van der Waals surface area contributed by atoms with Gasteiger partial charge < -0.3 is 15.2 Å². The number of rotatable bonds is 4. The summed E-state index contributed by atoms with van der Waals surface area (Å²) < 4.78 is 5.52. The van der Waals surface area contributed by atoms with Gasteiger partial charge in [-0.2, -0.15) is 0 Å². The fraction of sp³-hybridized carbons (Fsp3) is 0.818. The summed E-state index contributed by atoms with van der Waals surface area (Å²) in [4.78, 5) is 24.0. The molecule has 6 heteroatoms. The molecule has 2 saturated heterocycles. The summed E-state index contributed by atoms with van der Waals surface area (Å²) in [6, 6.07) is -0.116. The van der Waals surface area contributed by atoms with E-state index in [1.54, 1.807) is 0 Å². The van der Waals surface area contributed by atoms with Crippen molar-refractivity contribution in [3.05, 3.63) is 0 Å². The summed E-state index contributed by atoms with van der Waals surface area (Å²) in [7, 11) is 0. The van der Waals surface area contributed by atoms with Crippen LogP contribution in [0.5, 0.6) is 0 Å². The fourth-order valence-electron chi connectivity index (χ4n) is 2.40. The lowest BCUT2D eigenvalue weighted by Crippen LogP contribution is -2.56. The van der Waals surface area contributed by atoms with E-state index < -0.39 is 5.97 Å². The van der Waals surface area contributed by atoms with E-state index in [-0.39, 0.29) is 31.0 Å². The minimum atomic E-state index is -0.830. The van der Waals surface area contributed by atoms with Crippen LogP contribution in [0.1, 0.15) is 19.3 Å². The maximum Gasteiger partial charge on any atom is 0.305 e. The number of carbonyl (C=O) groups is 2. The van der Waals surface area contributed by atoms with Gasteiger partial charge >= 0.3 is 5.97 Å². The summed E-state index contributed by atoms with van der Waals surface area (Å²) in [6.07, 6.45) is 2.26. The fourth-order valence-corrected chi connectivity index (χ4v) is 2.40. The highest BCUT2D eigenvalue weighted by molar-refractivity contribution is 5.79. The lowest BCUT2D eigenvalue weighted by Gasteiger charge is -2.35. The van der Waals surface area contributed by atoms with E-state index in [4.69, 9.17) is 9.84 Å². The molecule has 2 heterocycles. The van der Waals surface area contributed by atoms with Crippen molar-refractivity contribution < 1.29 is 19.4 Å². The Kier molecular flexibility index (Phi) is 3.96. The second-order valence-electron chi connectivity index (χ2n) is 4.62. The number of amides is 1. The van der Waals surface area contributed by atoms with Gasteiger partial charge in [0.05, 0.1) is 19.1 Å². The molecule has 2 unspecified atom stereocenters. The Morgan fingerprint density at radius 3 is 3.06 bits per heavy atom. The Morgan fingerprint density at radius 2 is 2.41 bits per heavy atom. The maximum atomic E-state index is 11.3. The van der Waals surface area contributed by atoms with Crippen LogP contribution in [0, 0.1) is 0 Å². The molecule has 0 saturated carbocycles. The third kappa shape index (κ3) is 3.41. The van der Waals surface area contributed by atoms with Crippen molar-refractivity contribution in [2.45, 2.75) is 31.4 Å². The molecule has 0 aromatic heterocycles. The summed E-state index contributed by atoms with van der Waals surface area (Å²) in [5, 5.41) is 11.5. The molecule has 2 fully saturated rings. The third-order valence-corrected chi connectivity index (χ3v) is 3.27. The van der Waals surface area contributed by atoms with Crippen LogP contribution >= 0.6 is 0 Å². The summed E-state index contributed by atoms with van der Waals surface area (Å²) >= 11 is 0. The Hall–Kier alpha value is -1.14. The van der Waals surface area contributed by atoms with Gasteiger partial charge in [-0.15, -0.1) is 0 Å². The average molecular weight is 242 g/mol. The molecule has 0 radical (unpaired) electrons. The molecule has 0 spiro atoms. The van der Waals surface area contributed by atoms with Crippen LogP contribution in [-0.2, 0) is 14.3 Å². The van der Waals surface area contributed by atoms with Gasteiger partial charge in [0, 0.05) is 25.7 Å². The second kappa shape index (κ2) is 5.46. The average Bonchev–Trinajstić information content (AvgIpc) is 2.74. The number of aliphatic carboxylic acids is 1. The first kappa shape index (κ1) is 12.3. The van der Waals surface area contributed by atoms with Crippen molar-refractivity contribution in [2.24, 2.45) is 0 Å². The molecule has 0 aromatic carbocycles. The number of hydrogen-bond acceptors (Lipinski definition) is 4. The van der Waals surface area contributed by atoms with Gasteiger partial charge in [-0.1, -0.05) is 0 Å². The molecular weight excluding hydrogens is 224 g/mol. The van der Waals surface area contributed by atoms with Crippen molar-refractivity contribution in [3.8, 4) is 0 Å². The van der Waals surface area contributed by atoms with E-state index in [1.165, 1.54) is 0 Å². The van der Waals surface area contributed by atoms with Crippen LogP contribution in [-0.4, -0.2) is 60.3 Å². The van der Waals surface area contributed by atoms with Crippen molar-refractivity contribution in [3.63, 3.8) is 0 Å². The molecule has 6 nitrogen and oxygen atoms in total. The SMILES string of the molecule is O=C(O)CC1CNC(=O)CN1CC1CCCO1. The predicted molar refractivity (Wildman–Crippen MR) is 59.6 cm³/mol. The van der Waals surface area contributed by atoms with Crippen molar-refractivity contribution in [1.82, 2.24) is 10.2 Å². The van der Waals surface area contributed by atoms with Crippen molar-refractivity contribution >= 4 is 11.9 Å². The molecule has 2 aliphatic heterocycles. The van der Waals surface area contributed by atoms with Gasteiger partial charge in [0.15, 0.2) is 0 Å². The quantitative estimate of drug-likeness (QED) is 0.691. The van der Waals surface area contributed by atoms with Gasteiger partial charge in [0.1, 0.15) is 0 Å². The minimum Gasteiger partial charge on any atom is -0.481 e. The van der Waals surface area contributed by atoms with E-state index in [0.29, 0.717) is 13.1 Å². The van der Waals surface area contributed by atoms with Gasteiger partial charge in [-0.3, -0.25) is 14.5 Å². The van der Waals surface area contributed by atoms with Gasteiger partial charge in [-0.25, -0.2) is 0 Å². The highest BCUT2D eigenvalue weighted by atomic mass is 16.5. The van der Waals surface area contributed by atoms with Crippen molar-refractivity contribution in [2.75, 3.05) is 26.2 Å². The number of ether oxygens (including phenoxy) is 1. The molecule has 2 N–H and O–H groups in total. The number of carboxylic acids is 1. The lowest BCUT2D eigenvalue weighted by molar-refractivity contribution is -0.140. The Labute approximate surface area is 99.9 Å². The first-order chi connectivity index (χ1) is 8.15. The number of piperazine rings is 1. The molecule has 17 heavy (non-hydrogen) atoms. The topological polar surface area (TPSA) is 78.9 Å². The molecule has 2 aliphatic rings. The molecule has 2 atom stereocenters. The largest absolute Gasteiger partial charge is 0.481 e. The zero-order valence-electron chi connectivity index (χ0n) is 9.72. The van der Waals surface area contributed by atoms with E-state index in [1.807, 2.05) is 4.90 Å². The smallest absolute Gasteiger partial charge is 0.305 e. The summed E-state index contributed by atoms with van der Waals surface area (Å²) in [6.45, 7) is 2.12. The standard InChI is InChI=1S/C11H18N2O4/c14-10-7-13(6-9-2-1-3-17-9)8(5-12-10)4-11(15)16/h8-9H,1-7H2,(H,12,14)(H,15,16). The highest BCUT2D eigenvalue weighted by Crippen LogP contribution is 2.16. The predicted octanol–water partition coefficient (Wildman–Crippen LogP) is -0.559. The van der Waals surface area contributed by atoms with Gasteiger partial charge in [-0.05, 0) is 12.8 Å². The summed E-state index contributed by atoms with van der Waals surface area (Å²) in [5.74, 6) is -0.867.